The number of carbonyl (C=O) groups excluding carboxylic acids is 2. The summed E-state index contributed by atoms with van der Waals surface area (Å²) in [5.74, 6) is 0.150. The molecule has 1 unspecified atom stereocenters. The highest BCUT2D eigenvalue weighted by atomic mass is 35.5. The zero-order valence-electron chi connectivity index (χ0n) is 23.6. The number of likely N-dealkylation sites (N-methyl/N-ethyl adjacent to an activating group) is 1. The lowest BCUT2D eigenvalue weighted by Crippen LogP contribution is -2.52. The van der Waals surface area contributed by atoms with Crippen LogP contribution in [0.3, 0.4) is 0 Å². The first-order chi connectivity index (χ1) is 20.5. The van der Waals surface area contributed by atoms with Gasteiger partial charge in [0.2, 0.25) is 21.8 Å². The summed E-state index contributed by atoms with van der Waals surface area (Å²) in [7, 11) is -2.42. The van der Waals surface area contributed by atoms with Gasteiger partial charge in [0.15, 0.2) is 0 Å². The van der Waals surface area contributed by atoms with Gasteiger partial charge in [0.05, 0.1) is 22.0 Å². The molecule has 0 spiro atoms. The molecule has 0 saturated heterocycles. The van der Waals surface area contributed by atoms with Crippen LogP contribution in [0.1, 0.15) is 11.1 Å². The maximum Gasteiger partial charge on any atom is 0.244 e. The van der Waals surface area contributed by atoms with E-state index in [2.05, 4.69) is 5.32 Å². The van der Waals surface area contributed by atoms with Crippen molar-refractivity contribution in [2.24, 2.45) is 0 Å². The minimum atomic E-state index is -3.91. The molecule has 0 saturated carbocycles. The summed E-state index contributed by atoms with van der Waals surface area (Å²) in [6, 6.07) is 28.8. The van der Waals surface area contributed by atoms with Gasteiger partial charge in [0.25, 0.3) is 0 Å². The first-order valence-corrected chi connectivity index (χ1v) is 15.9. The summed E-state index contributed by atoms with van der Waals surface area (Å²) in [6.45, 7) is -0.552. The molecule has 0 bridgehead atoms. The number of anilines is 1. The molecule has 4 aromatic carbocycles. The summed E-state index contributed by atoms with van der Waals surface area (Å²) < 4.78 is 32.8. The van der Waals surface area contributed by atoms with Gasteiger partial charge >= 0.3 is 0 Å². The molecule has 0 radical (unpaired) electrons. The number of nitrogens with one attached hydrogen (secondary N) is 1. The molecule has 0 aliphatic rings. The van der Waals surface area contributed by atoms with Gasteiger partial charge in [-0.1, -0.05) is 77.8 Å². The summed E-state index contributed by atoms with van der Waals surface area (Å²) in [4.78, 5) is 28.6. The molecule has 4 rings (SSSR count). The lowest BCUT2D eigenvalue weighted by atomic mass is 10.0. The van der Waals surface area contributed by atoms with E-state index in [0.29, 0.717) is 27.1 Å². The number of nitrogens with zero attached hydrogens (tertiary/aromatic N) is 2. The van der Waals surface area contributed by atoms with Crippen molar-refractivity contribution in [3.05, 3.63) is 124 Å². The Hall–Kier alpha value is -4.05. The Bertz CT molecular complexity index is 1650. The van der Waals surface area contributed by atoms with Crippen molar-refractivity contribution in [2.45, 2.75) is 19.0 Å². The van der Waals surface area contributed by atoms with E-state index in [9.17, 15) is 18.0 Å². The predicted octanol–water partition coefficient (Wildman–Crippen LogP) is 5.94. The van der Waals surface area contributed by atoms with E-state index in [1.54, 1.807) is 54.6 Å². The van der Waals surface area contributed by atoms with E-state index in [0.717, 1.165) is 16.1 Å². The fourth-order valence-corrected chi connectivity index (χ4v) is 5.64. The van der Waals surface area contributed by atoms with Crippen LogP contribution in [-0.4, -0.2) is 51.0 Å². The van der Waals surface area contributed by atoms with Crippen molar-refractivity contribution in [3.8, 4) is 11.5 Å². The van der Waals surface area contributed by atoms with Crippen molar-refractivity contribution in [2.75, 3.05) is 24.2 Å². The Morgan fingerprint density at radius 3 is 2.00 bits per heavy atom. The van der Waals surface area contributed by atoms with Gasteiger partial charge in [0.1, 0.15) is 24.1 Å². The molecule has 2 amide bonds. The maximum atomic E-state index is 14.0. The van der Waals surface area contributed by atoms with Gasteiger partial charge in [-0.05, 0) is 59.7 Å². The number of hydrogen-bond acceptors (Lipinski definition) is 5. The first-order valence-electron chi connectivity index (χ1n) is 13.3. The molecule has 1 N–H and O–H groups in total. The van der Waals surface area contributed by atoms with Crippen LogP contribution in [0.4, 0.5) is 5.69 Å². The zero-order chi connectivity index (χ0) is 31.0. The Balaban J connectivity index is 1.66. The van der Waals surface area contributed by atoms with E-state index in [1.807, 2.05) is 48.5 Å². The highest BCUT2D eigenvalue weighted by Gasteiger charge is 2.32. The number of ether oxygens (including phenoxy) is 1. The summed E-state index contributed by atoms with van der Waals surface area (Å²) in [5.41, 5.74) is 1.72. The standard InChI is InChI=1S/C32H31Cl2N3O5S/c1-35-32(39)30(20-23-9-5-3-6-10-23)36(21-24-13-18-28(33)29(34)19-24)31(38)22-37(43(2,40)41)25-14-16-27(17-15-25)42-26-11-7-4-8-12-26/h3-19,30H,20-22H2,1-2H3,(H,35,39). The Kier molecular flexibility index (Phi) is 10.7. The molecule has 43 heavy (non-hydrogen) atoms. The second-order valence-electron chi connectivity index (χ2n) is 9.77. The SMILES string of the molecule is CNC(=O)C(Cc1ccccc1)N(Cc1ccc(Cl)c(Cl)c1)C(=O)CN(c1ccc(Oc2ccccc2)cc1)S(C)(=O)=O. The molecule has 8 nitrogen and oxygen atoms in total. The first kappa shape index (κ1) is 31.9. The van der Waals surface area contributed by atoms with Crippen LogP contribution in [0.15, 0.2) is 103 Å². The fourth-order valence-electron chi connectivity index (χ4n) is 4.47. The number of sulfonamides is 1. The van der Waals surface area contributed by atoms with Crippen LogP contribution in [0.25, 0.3) is 0 Å². The molecule has 0 aliphatic carbocycles. The van der Waals surface area contributed by atoms with E-state index in [1.165, 1.54) is 11.9 Å². The van der Waals surface area contributed by atoms with Crippen LogP contribution in [0.5, 0.6) is 11.5 Å². The third kappa shape index (κ3) is 8.73. The molecule has 4 aromatic rings. The van der Waals surface area contributed by atoms with Crippen molar-refractivity contribution in [3.63, 3.8) is 0 Å². The average Bonchev–Trinajstić information content (AvgIpc) is 3.00. The molecule has 0 aliphatic heterocycles. The summed E-state index contributed by atoms with van der Waals surface area (Å²) >= 11 is 12.4. The molecule has 1 atom stereocenters. The van der Waals surface area contributed by atoms with Crippen LogP contribution in [-0.2, 0) is 32.6 Å². The quantitative estimate of drug-likeness (QED) is 0.207. The van der Waals surface area contributed by atoms with Gasteiger partial charge in [0, 0.05) is 20.0 Å². The van der Waals surface area contributed by atoms with Crippen molar-refractivity contribution in [1.82, 2.24) is 10.2 Å². The van der Waals surface area contributed by atoms with Gasteiger partial charge < -0.3 is 15.0 Å². The molecular weight excluding hydrogens is 609 g/mol. The Morgan fingerprint density at radius 2 is 1.42 bits per heavy atom. The van der Waals surface area contributed by atoms with Gasteiger partial charge in [-0.3, -0.25) is 13.9 Å². The van der Waals surface area contributed by atoms with E-state index in [-0.39, 0.29) is 18.7 Å². The number of benzene rings is 4. The third-order valence-corrected chi connectivity index (χ3v) is 8.52. The largest absolute Gasteiger partial charge is 0.457 e. The number of rotatable bonds is 12. The van der Waals surface area contributed by atoms with E-state index in [4.69, 9.17) is 27.9 Å². The normalized spacial score (nSPS) is 11.8. The number of hydrogen-bond donors (Lipinski definition) is 1. The number of carbonyl (C=O) groups is 2. The van der Waals surface area contributed by atoms with E-state index < -0.39 is 34.4 Å². The lowest BCUT2D eigenvalue weighted by molar-refractivity contribution is -0.139. The van der Waals surface area contributed by atoms with Gasteiger partial charge in [-0.2, -0.15) is 0 Å². The predicted molar refractivity (Wildman–Crippen MR) is 170 cm³/mol. The van der Waals surface area contributed by atoms with Crippen LogP contribution in [0.2, 0.25) is 10.0 Å². The molecule has 0 heterocycles. The van der Waals surface area contributed by atoms with Gasteiger partial charge in [-0.25, -0.2) is 8.42 Å². The van der Waals surface area contributed by atoms with Crippen LogP contribution in [0, 0.1) is 0 Å². The van der Waals surface area contributed by atoms with Crippen molar-refractivity contribution < 1.29 is 22.7 Å². The topological polar surface area (TPSA) is 96.0 Å². The molecule has 0 aromatic heterocycles. The Labute approximate surface area is 261 Å². The lowest BCUT2D eigenvalue weighted by Gasteiger charge is -2.33. The highest BCUT2D eigenvalue weighted by molar-refractivity contribution is 7.92. The average molecular weight is 641 g/mol. The number of halogens is 2. The smallest absolute Gasteiger partial charge is 0.244 e. The van der Waals surface area contributed by atoms with Gasteiger partial charge in [-0.15, -0.1) is 0 Å². The second-order valence-corrected chi connectivity index (χ2v) is 12.5. The van der Waals surface area contributed by atoms with Crippen LogP contribution < -0.4 is 14.4 Å². The minimum absolute atomic E-state index is 0.0118. The fraction of sp³-hybridized carbons (Fsp3) is 0.188. The van der Waals surface area contributed by atoms with Crippen molar-refractivity contribution >= 4 is 50.7 Å². The monoisotopic (exact) mass is 639 g/mol. The van der Waals surface area contributed by atoms with E-state index >= 15 is 0 Å². The molecule has 0 fully saturated rings. The number of para-hydroxylation sites is 1. The maximum absolute atomic E-state index is 14.0. The molecule has 224 valence electrons. The number of amides is 2. The highest BCUT2D eigenvalue weighted by Crippen LogP contribution is 2.27. The third-order valence-electron chi connectivity index (χ3n) is 6.64. The molecule has 11 heteroatoms. The Morgan fingerprint density at radius 1 is 0.814 bits per heavy atom. The summed E-state index contributed by atoms with van der Waals surface area (Å²) in [6.07, 6.45) is 1.23. The van der Waals surface area contributed by atoms with Crippen LogP contribution >= 0.6 is 23.2 Å². The zero-order valence-corrected chi connectivity index (χ0v) is 25.9. The van der Waals surface area contributed by atoms with Crippen molar-refractivity contribution in [1.29, 1.82) is 0 Å². The minimum Gasteiger partial charge on any atom is -0.457 e. The molecular formula is C32H31Cl2N3O5S. The second kappa shape index (κ2) is 14.4. The summed E-state index contributed by atoms with van der Waals surface area (Å²) in [5, 5.41) is 3.28.